The van der Waals surface area contributed by atoms with Crippen molar-refractivity contribution in [3.05, 3.63) is 0 Å². The Morgan fingerprint density at radius 1 is 1.46 bits per heavy atom. The summed E-state index contributed by atoms with van der Waals surface area (Å²) in [4.78, 5) is 0. The molecule has 0 bridgehead atoms. The molecule has 0 rings (SSSR count). The molecule has 80 valence electrons. The van der Waals surface area contributed by atoms with Gasteiger partial charge in [-0.2, -0.15) is 0 Å². The predicted molar refractivity (Wildman–Crippen MR) is 42.9 cm³/mol. The second kappa shape index (κ2) is 4.80. The highest BCUT2D eigenvalue weighted by Crippen LogP contribution is 2.09. The molecule has 8 heteroatoms. The molecule has 0 spiro atoms. The summed E-state index contributed by atoms with van der Waals surface area (Å²) in [6.45, 7) is -2.19. The maximum Gasteiger partial charge on any atom is 0.282 e. The van der Waals surface area contributed by atoms with Crippen LogP contribution in [0.15, 0.2) is 0 Å². The zero-order valence-corrected chi connectivity index (χ0v) is 7.65. The lowest BCUT2D eigenvalue weighted by Gasteiger charge is -2.13. The van der Waals surface area contributed by atoms with Crippen molar-refractivity contribution < 1.29 is 22.3 Å². The Bertz CT molecular complexity index is 242. The number of aliphatic hydroxyl groups excluding tert-OH is 1. The van der Waals surface area contributed by atoms with E-state index < -0.39 is 34.9 Å². The van der Waals surface area contributed by atoms with E-state index in [9.17, 15) is 17.2 Å². The first kappa shape index (κ1) is 12.7. The van der Waals surface area contributed by atoms with Gasteiger partial charge in [-0.05, 0) is 0 Å². The van der Waals surface area contributed by atoms with Crippen LogP contribution in [-0.4, -0.2) is 44.9 Å². The second-order valence-corrected chi connectivity index (χ2v) is 4.29. The SMILES string of the molecule is NS(=O)(=O)CCNCC(F)(F)CO. The van der Waals surface area contributed by atoms with E-state index in [1.807, 2.05) is 0 Å². The number of nitrogens with two attached hydrogens (primary N) is 1. The highest BCUT2D eigenvalue weighted by molar-refractivity contribution is 7.89. The quantitative estimate of drug-likeness (QED) is 0.473. The van der Waals surface area contributed by atoms with Crippen molar-refractivity contribution >= 4 is 10.0 Å². The lowest BCUT2D eigenvalue weighted by Crippen LogP contribution is -2.38. The van der Waals surface area contributed by atoms with E-state index in [4.69, 9.17) is 5.11 Å². The van der Waals surface area contributed by atoms with Gasteiger partial charge in [0.15, 0.2) is 0 Å². The lowest BCUT2D eigenvalue weighted by molar-refractivity contribution is -0.0471. The van der Waals surface area contributed by atoms with Crippen molar-refractivity contribution in [2.75, 3.05) is 25.4 Å². The Morgan fingerprint density at radius 2 is 2.00 bits per heavy atom. The number of rotatable bonds is 6. The smallest absolute Gasteiger partial charge is 0.282 e. The van der Waals surface area contributed by atoms with E-state index in [2.05, 4.69) is 10.5 Å². The molecule has 0 aromatic carbocycles. The van der Waals surface area contributed by atoms with Gasteiger partial charge in [0, 0.05) is 6.54 Å². The van der Waals surface area contributed by atoms with Crippen molar-refractivity contribution in [3.63, 3.8) is 0 Å². The van der Waals surface area contributed by atoms with Gasteiger partial charge in [0.05, 0.1) is 12.3 Å². The molecule has 4 N–H and O–H groups in total. The van der Waals surface area contributed by atoms with E-state index in [1.165, 1.54) is 0 Å². The fourth-order valence-corrected chi connectivity index (χ4v) is 0.970. The summed E-state index contributed by atoms with van der Waals surface area (Å²) < 4.78 is 45.2. The number of hydrogen-bond acceptors (Lipinski definition) is 4. The lowest BCUT2D eigenvalue weighted by atomic mass is 10.3. The van der Waals surface area contributed by atoms with Crippen LogP contribution < -0.4 is 10.5 Å². The van der Waals surface area contributed by atoms with Gasteiger partial charge in [-0.1, -0.05) is 0 Å². The van der Waals surface area contributed by atoms with Gasteiger partial charge in [0.1, 0.15) is 6.61 Å². The van der Waals surface area contributed by atoms with Crippen LogP contribution in [0.1, 0.15) is 0 Å². The Hall–Kier alpha value is -0.310. The van der Waals surface area contributed by atoms with Crippen LogP contribution in [0.3, 0.4) is 0 Å². The molecular formula is C5H12F2N2O3S. The summed E-state index contributed by atoms with van der Waals surface area (Å²) in [5, 5.41) is 14.9. The molecular weight excluding hydrogens is 206 g/mol. The van der Waals surface area contributed by atoms with Crippen LogP contribution in [0, 0.1) is 0 Å². The van der Waals surface area contributed by atoms with Gasteiger partial charge in [0.2, 0.25) is 10.0 Å². The minimum absolute atomic E-state index is 0.158. The maximum absolute atomic E-state index is 12.3. The summed E-state index contributed by atoms with van der Waals surface area (Å²) in [6.07, 6.45) is 0. The zero-order valence-electron chi connectivity index (χ0n) is 6.83. The first-order valence-electron chi connectivity index (χ1n) is 3.47. The first-order chi connectivity index (χ1) is 5.77. The number of aliphatic hydroxyl groups is 1. The van der Waals surface area contributed by atoms with Gasteiger partial charge in [-0.15, -0.1) is 0 Å². The van der Waals surface area contributed by atoms with Crippen LogP contribution in [0.5, 0.6) is 0 Å². The molecule has 5 nitrogen and oxygen atoms in total. The van der Waals surface area contributed by atoms with Crippen molar-refractivity contribution in [1.82, 2.24) is 5.32 Å². The number of primary sulfonamides is 1. The highest BCUT2D eigenvalue weighted by Gasteiger charge is 2.26. The minimum atomic E-state index is -3.62. The monoisotopic (exact) mass is 218 g/mol. The number of nitrogens with one attached hydrogen (secondary N) is 1. The standard InChI is InChI=1S/C5H12F2N2O3S/c6-5(7,4-10)3-9-1-2-13(8,11)12/h9-10H,1-4H2,(H2,8,11,12). The fourth-order valence-electron chi connectivity index (χ4n) is 0.542. The van der Waals surface area contributed by atoms with Gasteiger partial charge in [-0.25, -0.2) is 22.3 Å². The van der Waals surface area contributed by atoms with E-state index >= 15 is 0 Å². The Morgan fingerprint density at radius 3 is 2.38 bits per heavy atom. The number of hydrogen-bond donors (Lipinski definition) is 3. The molecule has 0 heterocycles. The van der Waals surface area contributed by atoms with E-state index in [0.29, 0.717) is 0 Å². The zero-order chi connectivity index (χ0) is 10.5. The predicted octanol–water partition coefficient (Wildman–Crippen LogP) is -1.51. The summed E-state index contributed by atoms with van der Waals surface area (Å²) in [5.41, 5.74) is 0. The molecule has 0 amide bonds. The summed E-state index contributed by atoms with van der Waals surface area (Å²) in [6, 6.07) is 0. The highest BCUT2D eigenvalue weighted by atomic mass is 32.2. The normalized spacial score (nSPS) is 13.2. The van der Waals surface area contributed by atoms with Crippen LogP contribution in [-0.2, 0) is 10.0 Å². The average Bonchev–Trinajstić information content (AvgIpc) is 1.97. The largest absolute Gasteiger partial charge is 0.390 e. The van der Waals surface area contributed by atoms with Crippen molar-refractivity contribution in [1.29, 1.82) is 0 Å². The molecule has 0 aromatic rings. The summed E-state index contributed by atoms with van der Waals surface area (Å²) >= 11 is 0. The van der Waals surface area contributed by atoms with Gasteiger partial charge < -0.3 is 10.4 Å². The number of sulfonamides is 1. The van der Waals surface area contributed by atoms with Crippen molar-refractivity contribution in [2.45, 2.75) is 5.92 Å². The molecule has 0 saturated carbocycles. The Labute approximate surface area is 75.0 Å². The fraction of sp³-hybridized carbons (Fsp3) is 1.00. The maximum atomic E-state index is 12.3. The van der Waals surface area contributed by atoms with E-state index in [0.717, 1.165) is 0 Å². The molecule has 13 heavy (non-hydrogen) atoms. The molecule has 0 atom stereocenters. The molecule has 0 aliphatic rings. The first-order valence-corrected chi connectivity index (χ1v) is 5.18. The van der Waals surface area contributed by atoms with Gasteiger partial charge >= 0.3 is 0 Å². The van der Waals surface area contributed by atoms with Crippen LogP contribution in [0.2, 0.25) is 0 Å². The van der Waals surface area contributed by atoms with E-state index in [-0.39, 0.29) is 6.54 Å². The van der Waals surface area contributed by atoms with E-state index in [1.54, 1.807) is 0 Å². The van der Waals surface area contributed by atoms with Crippen molar-refractivity contribution in [3.8, 4) is 0 Å². The molecule has 0 aromatic heterocycles. The second-order valence-electron chi connectivity index (χ2n) is 2.56. The molecule has 0 radical (unpaired) electrons. The van der Waals surface area contributed by atoms with Gasteiger partial charge in [0.25, 0.3) is 5.92 Å². The summed E-state index contributed by atoms with van der Waals surface area (Å²) in [7, 11) is -3.62. The molecule has 0 unspecified atom stereocenters. The Kier molecular flexibility index (Phi) is 4.68. The van der Waals surface area contributed by atoms with Gasteiger partial charge in [-0.3, -0.25) is 0 Å². The van der Waals surface area contributed by atoms with Crippen molar-refractivity contribution in [2.24, 2.45) is 5.14 Å². The van der Waals surface area contributed by atoms with Crippen LogP contribution in [0.25, 0.3) is 0 Å². The topological polar surface area (TPSA) is 92.4 Å². The minimum Gasteiger partial charge on any atom is -0.390 e. The third-order valence-corrected chi connectivity index (χ3v) is 1.95. The number of alkyl halides is 2. The third kappa shape index (κ3) is 8.03. The van der Waals surface area contributed by atoms with Crippen LogP contribution in [0.4, 0.5) is 8.78 Å². The molecule has 0 aliphatic heterocycles. The summed E-state index contributed by atoms with van der Waals surface area (Å²) in [5.74, 6) is -3.63. The number of halogens is 2. The molecule has 0 aliphatic carbocycles. The van der Waals surface area contributed by atoms with Crippen LogP contribution >= 0.6 is 0 Å². The third-order valence-electron chi connectivity index (χ3n) is 1.18. The Balaban J connectivity index is 3.58. The molecule has 0 saturated heterocycles. The average molecular weight is 218 g/mol. The molecule has 0 fully saturated rings.